The second kappa shape index (κ2) is 41.1. The Bertz CT molecular complexity index is 935. The van der Waals surface area contributed by atoms with Crippen LogP contribution in [0.4, 0.5) is 0 Å². The van der Waals surface area contributed by atoms with Crippen LogP contribution in [0.3, 0.4) is 0 Å². The lowest BCUT2D eigenvalue weighted by atomic mass is 10.0. The first kappa shape index (κ1) is 53.9. The zero-order chi connectivity index (χ0) is 40.5. The Kier molecular flexibility index (Phi) is 40.3. The van der Waals surface area contributed by atoms with E-state index in [1.807, 2.05) is 6.08 Å². The van der Waals surface area contributed by atoms with Gasteiger partial charge in [0.25, 0.3) is 0 Å². The van der Waals surface area contributed by atoms with Crippen LogP contribution in [0.25, 0.3) is 0 Å². The molecule has 0 fully saturated rings. The number of nitrogens with one attached hydrogen (secondary N) is 1. The first-order valence-electron chi connectivity index (χ1n) is 23.0. The molecule has 0 spiro atoms. The maximum Gasteiger partial charge on any atom is 0.472 e. The van der Waals surface area contributed by atoms with Gasteiger partial charge >= 0.3 is 7.82 Å². The van der Waals surface area contributed by atoms with E-state index in [4.69, 9.17) is 14.8 Å². The zero-order valence-electron chi connectivity index (χ0n) is 35.8. The molecule has 0 heterocycles. The maximum absolute atomic E-state index is 12.8. The fourth-order valence-corrected chi connectivity index (χ4v) is 7.58. The number of rotatable bonds is 43. The van der Waals surface area contributed by atoms with Gasteiger partial charge in [0.2, 0.25) is 5.91 Å². The van der Waals surface area contributed by atoms with E-state index in [2.05, 4.69) is 31.3 Å². The third kappa shape index (κ3) is 39.5. The Morgan fingerprint density at radius 2 is 1.02 bits per heavy atom. The molecule has 0 radical (unpaired) electrons. The maximum atomic E-state index is 12.8. The van der Waals surface area contributed by atoms with Gasteiger partial charge in [-0.15, -0.1) is 0 Å². The highest BCUT2D eigenvalue weighted by molar-refractivity contribution is 7.47. The van der Waals surface area contributed by atoms with Gasteiger partial charge in [0.1, 0.15) is 0 Å². The third-order valence-corrected chi connectivity index (χ3v) is 11.3. The normalized spacial score (nSPS) is 14.8. The van der Waals surface area contributed by atoms with Gasteiger partial charge in [-0.3, -0.25) is 13.8 Å². The summed E-state index contributed by atoms with van der Waals surface area (Å²) in [6, 6.07) is -0.983. The van der Waals surface area contributed by atoms with Crippen molar-refractivity contribution in [2.45, 2.75) is 238 Å². The fourth-order valence-electron chi connectivity index (χ4n) is 6.82. The number of carbonyl (C=O) groups excluding carboxylic acids is 1. The molecule has 0 aliphatic rings. The van der Waals surface area contributed by atoms with Crippen molar-refractivity contribution in [2.75, 3.05) is 19.8 Å². The summed E-state index contributed by atoms with van der Waals surface area (Å²) < 4.78 is 22.1. The van der Waals surface area contributed by atoms with Gasteiger partial charge in [0.15, 0.2) is 0 Å². The van der Waals surface area contributed by atoms with E-state index in [1.165, 1.54) is 141 Å². The minimum Gasteiger partial charge on any atom is -0.393 e. The Morgan fingerprint density at radius 1 is 0.618 bits per heavy atom. The van der Waals surface area contributed by atoms with Crippen LogP contribution in [0, 0.1) is 0 Å². The Morgan fingerprint density at radius 3 is 1.47 bits per heavy atom. The second-order valence-corrected chi connectivity index (χ2v) is 17.3. The standard InChI is InChI=1S/C45H89N2O7P/c1-3-5-7-9-11-13-15-17-18-19-20-21-22-23-25-27-29-31-33-35-37-44(49)43(41-54-55(51,52)53-39-38-46)47-45(50)40-42(48)36-34-32-30-28-26-24-16-14-12-10-8-6-4-2/h14,16,35,37,42-44,48-49H,3-13,15,17-34,36,38-41,46H2,1-2H3,(H,47,50)(H,51,52)/b16-14-,37-35+. The van der Waals surface area contributed by atoms with Crippen molar-refractivity contribution in [3.05, 3.63) is 24.3 Å². The van der Waals surface area contributed by atoms with Gasteiger partial charge in [0, 0.05) is 6.54 Å². The molecule has 0 saturated carbocycles. The van der Waals surface area contributed by atoms with Crippen molar-refractivity contribution in [3.8, 4) is 0 Å². The quantitative estimate of drug-likeness (QED) is 0.0232. The fraction of sp³-hybridized carbons (Fsp3) is 0.889. The number of allylic oxidation sites excluding steroid dienone is 3. The molecule has 55 heavy (non-hydrogen) atoms. The van der Waals surface area contributed by atoms with E-state index < -0.39 is 38.6 Å². The summed E-state index contributed by atoms with van der Waals surface area (Å²) in [4.78, 5) is 22.8. The lowest BCUT2D eigenvalue weighted by Crippen LogP contribution is -2.46. The summed E-state index contributed by atoms with van der Waals surface area (Å²) in [6.45, 7) is 3.97. The van der Waals surface area contributed by atoms with Crippen molar-refractivity contribution in [2.24, 2.45) is 5.73 Å². The van der Waals surface area contributed by atoms with E-state index in [-0.39, 0.29) is 19.6 Å². The Labute approximate surface area is 339 Å². The molecular formula is C45H89N2O7P. The molecule has 0 aliphatic heterocycles. The highest BCUT2D eigenvalue weighted by Crippen LogP contribution is 2.43. The summed E-state index contributed by atoms with van der Waals surface area (Å²) in [5.41, 5.74) is 5.37. The minimum absolute atomic E-state index is 0.0490. The van der Waals surface area contributed by atoms with Crippen LogP contribution in [0.5, 0.6) is 0 Å². The van der Waals surface area contributed by atoms with E-state index in [1.54, 1.807) is 6.08 Å². The zero-order valence-corrected chi connectivity index (χ0v) is 36.7. The molecule has 1 amide bonds. The Balaban J connectivity index is 4.27. The first-order valence-corrected chi connectivity index (χ1v) is 24.5. The first-order chi connectivity index (χ1) is 26.8. The molecular weight excluding hydrogens is 711 g/mol. The topological polar surface area (TPSA) is 151 Å². The van der Waals surface area contributed by atoms with Gasteiger partial charge in [-0.1, -0.05) is 192 Å². The van der Waals surface area contributed by atoms with E-state index in [9.17, 15) is 24.5 Å². The summed E-state index contributed by atoms with van der Waals surface area (Å²) in [5, 5.41) is 24.1. The predicted molar refractivity (Wildman–Crippen MR) is 232 cm³/mol. The number of carbonyl (C=O) groups is 1. The van der Waals surface area contributed by atoms with Crippen LogP contribution < -0.4 is 11.1 Å². The summed E-state index contributed by atoms with van der Waals surface area (Å²) in [6.07, 6.45) is 44.0. The average molecular weight is 801 g/mol. The lowest BCUT2D eigenvalue weighted by molar-refractivity contribution is -0.124. The molecule has 0 saturated heterocycles. The van der Waals surface area contributed by atoms with Gasteiger partial charge in [-0.25, -0.2) is 4.57 Å². The largest absolute Gasteiger partial charge is 0.472 e. The van der Waals surface area contributed by atoms with Crippen LogP contribution in [0.1, 0.15) is 219 Å². The van der Waals surface area contributed by atoms with E-state index >= 15 is 0 Å². The van der Waals surface area contributed by atoms with Gasteiger partial charge in [-0.05, 0) is 44.9 Å². The molecule has 10 heteroatoms. The van der Waals surface area contributed by atoms with Crippen LogP contribution in [-0.2, 0) is 18.4 Å². The number of aliphatic hydroxyl groups is 2. The van der Waals surface area contributed by atoms with E-state index in [0.29, 0.717) is 6.42 Å². The molecule has 0 bridgehead atoms. The molecule has 4 atom stereocenters. The number of hydrogen-bond acceptors (Lipinski definition) is 7. The van der Waals surface area contributed by atoms with Crippen molar-refractivity contribution in [1.29, 1.82) is 0 Å². The predicted octanol–water partition coefficient (Wildman–Crippen LogP) is 11.9. The third-order valence-electron chi connectivity index (χ3n) is 10.3. The average Bonchev–Trinajstić information content (AvgIpc) is 3.16. The summed E-state index contributed by atoms with van der Waals surface area (Å²) in [5.74, 6) is -0.450. The number of phosphoric acid groups is 1. The monoisotopic (exact) mass is 801 g/mol. The van der Waals surface area contributed by atoms with Gasteiger partial charge < -0.3 is 26.2 Å². The molecule has 0 aromatic carbocycles. The molecule has 9 nitrogen and oxygen atoms in total. The van der Waals surface area contributed by atoms with Gasteiger partial charge in [-0.2, -0.15) is 0 Å². The SMILES string of the molecule is CCCCCC/C=C\CCCCCCCC(O)CC(=O)NC(COP(=O)(O)OCCN)C(O)/C=C/CCCCCCCCCCCCCCCCCCCC. The number of phosphoric ester groups is 1. The molecule has 0 aliphatic carbocycles. The van der Waals surface area contributed by atoms with Crippen LogP contribution in [0.2, 0.25) is 0 Å². The molecule has 0 aromatic heterocycles. The summed E-state index contributed by atoms with van der Waals surface area (Å²) in [7, 11) is -4.40. The van der Waals surface area contributed by atoms with E-state index in [0.717, 1.165) is 51.4 Å². The van der Waals surface area contributed by atoms with Crippen LogP contribution >= 0.6 is 7.82 Å². The van der Waals surface area contributed by atoms with Crippen LogP contribution in [0.15, 0.2) is 24.3 Å². The summed E-state index contributed by atoms with van der Waals surface area (Å²) >= 11 is 0. The van der Waals surface area contributed by atoms with Crippen molar-refractivity contribution < 1.29 is 33.5 Å². The Hall–Kier alpha value is -1.06. The van der Waals surface area contributed by atoms with Crippen molar-refractivity contribution in [1.82, 2.24) is 5.32 Å². The van der Waals surface area contributed by atoms with Gasteiger partial charge in [0.05, 0.1) is 37.9 Å². The highest BCUT2D eigenvalue weighted by atomic mass is 31.2. The molecule has 6 N–H and O–H groups in total. The smallest absolute Gasteiger partial charge is 0.393 e. The van der Waals surface area contributed by atoms with Crippen molar-refractivity contribution in [3.63, 3.8) is 0 Å². The molecule has 0 aromatic rings. The number of hydrogen-bond donors (Lipinski definition) is 5. The number of aliphatic hydroxyl groups excluding tert-OH is 2. The number of amides is 1. The van der Waals surface area contributed by atoms with Crippen LogP contribution in [-0.4, -0.2) is 59.0 Å². The van der Waals surface area contributed by atoms with Crippen molar-refractivity contribution >= 4 is 13.7 Å². The second-order valence-electron chi connectivity index (χ2n) is 15.8. The molecule has 326 valence electrons. The minimum atomic E-state index is -4.40. The highest BCUT2D eigenvalue weighted by Gasteiger charge is 2.27. The number of unbranched alkanes of at least 4 members (excludes halogenated alkanes) is 27. The molecule has 0 rings (SSSR count). The number of nitrogens with two attached hydrogens (primary N) is 1. The lowest BCUT2D eigenvalue weighted by Gasteiger charge is -2.24. The molecule has 4 unspecified atom stereocenters.